The third-order valence-electron chi connectivity index (χ3n) is 3.22. The number of methoxy groups -OCH3 is 1. The van der Waals surface area contributed by atoms with Crippen LogP contribution in [0.4, 0.5) is 5.13 Å². The summed E-state index contributed by atoms with van der Waals surface area (Å²) in [5.74, 6) is 0.300. The monoisotopic (exact) mass is 388 g/mol. The highest BCUT2D eigenvalue weighted by Crippen LogP contribution is 2.27. The minimum atomic E-state index is -0.237. The van der Waals surface area contributed by atoms with E-state index in [-0.39, 0.29) is 5.91 Å². The number of amides is 1. The molecule has 1 amide bonds. The Morgan fingerprint density at radius 2 is 1.91 bits per heavy atom. The average molecular weight is 389 g/mol. The summed E-state index contributed by atoms with van der Waals surface area (Å²) in [6, 6.07) is 15.0. The maximum Gasteiger partial charge on any atom is 0.261 e. The molecule has 23 heavy (non-hydrogen) atoms. The van der Waals surface area contributed by atoms with Crippen LogP contribution in [-0.4, -0.2) is 18.0 Å². The zero-order chi connectivity index (χ0) is 16.2. The number of carbonyl (C=O) groups excluding carboxylic acids is 1. The van der Waals surface area contributed by atoms with Gasteiger partial charge in [-0.15, -0.1) is 11.3 Å². The molecular weight excluding hydrogens is 376 g/mol. The molecule has 3 aromatic rings. The van der Waals surface area contributed by atoms with Gasteiger partial charge in [0.25, 0.3) is 5.91 Å². The van der Waals surface area contributed by atoms with Gasteiger partial charge in [0.2, 0.25) is 0 Å². The lowest BCUT2D eigenvalue weighted by atomic mass is 10.2. The van der Waals surface area contributed by atoms with Crippen LogP contribution in [0, 0.1) is 0 Å². The number of anilines is 1. The van der Waals surface area contributed by atoms with E-state index in [0.29, 0.717) is 16.4 Å². The Hall–Kier alpha value is -2.18. The first-order valence-corrected chi connectivity index (χ1v) is 8.50. The van der Waals surface area contributed by atoms with Gasteiger partial charge in [-0.3, -0.25) is 10.1 Å². The number of hydrogen-bond donors (Lipinski definition) is 1. The number of nitrogens with zero attached hydrogens (tertiary/aromatic N) is 1. The number of nitrogens with one attached hydrogen (secondary N) is 1. The molecule has 0 spiro atoms. The van der Waals surface area contributed by atoms with E-state index in [1.165, 1.54) is 11.3 Å². The molecule has 1 aromatic heterocycles. The van der Waals surface area contributed by atoms with Crippen molar-refractivity contribution in [2.75, 3.05) is 12.4 Å². The molecule has 0 saturated heterocycles. The Morgan fingerprint density at radius 1 is 1.17 bits per heavy atom. The Morgan fingerprint density at radius 3 is 2.65 bits per heavy atom. The molecule has 1 N–H and O–H groups in total. The molecule has 3 rings (SSSR count). The summed E-state index contributed by atoms with van der Waals surface area (Å²) in [4.78, 5) is 16.8. The summed E-state index contributed by atoms with van der Waals surface area (Å²) in [6.45, 7) is 0. The summed E-state index contributed by atoms with van der Waals surface area (Å²) in [5.41, 5.74) is 2.32. The Labute approximate surface area is 146 Å². The zero-order valence-electron chi connectivity index (χ0n) is 12.2. The third-order valence-corrected chi connectivity index (χ3v) is 4.50. The van der Waals surface area contributed by atoms with Gasteiger partial charge in [-0.25, -0.2) is 4.98 Å². The molecule has 116 valence electrons. The third kappa shape index (κ3) is 3.60. The molecule has 0 unspecified atom stereocenters. The minimum absolute atomic E-state index is 0.237. The highest BCUT2D eigenvalue weighted by atomic mass is 79.9. The van der Waals surface area contributed by atoms with E-state index in [0.717, 1.165) is 15.7 Å². The van der Waals surface area contributed by atoms with Crippen molar-refractivity contribution in [1.29, 1.82) is 0 Å². The van der Waals surface area contributed by atoms with Gasteiger partial charge in [0.1, 0.15) is 5.75 Å². The van der Waals surface area contributed by atoms with Crippen molar-refractivity contribution in [3.8, 4) is 17.0 Å². The number of ether oxygens (including phenoxy) is 1. The first-order valence-electron chi connectivity index (χ1n) is 6.83. The van der Waals surface area contributed by atoms with Gasteiger partial charge in [0, 0.05) is 15.4 Å². The van der Waals surface area contributed by atoms with Crippen molar-refractivity contribution < 1.29 is 9.53 Å². The highest BCUT2D eigenvalue weighted by Gasteiger charge is 2.13. The van der Waals surface area contributed by atoms with E-state index >= 15 is 0 Å². The number of hydrogen-bond acceptors (Lipinski definition) is 4. The van der Waals surface area contributed by atoms with Gasteiger partial charge in [-0.2, -0.15) is 0 Å². The van der Waals surface area contributed by atoms with Crippen LogP contribution in [0.1, 0.15) is 10.4 Å². The lowest BCUT2D eigenvalue weighted by Gasteiger charge is -2.07. The van der Waals surface area contributed by atoms with Crippen molar-refractivity contribution in [3.63, 3.8) is 0 Å². The Balaban J connectivity index is 1.79. The lowest BCUT2D eigenvalue weighted by molar-refractivity contribution is 0.102. The molecule has 0 aliphatic carbocycles. The Bertz CT molecular complexity index is 831. The van der Waals surface area contributed by atoms with Crippen LogP contribution in [0.25, 0.3) is 11.3 Å². The fraction of sp³-hybridized carbons (Fsp3) is 0.0588. The fourth-order valence-corrected chi connectivity index (χ4v) is 3.06. The normalized spacial score (nSPS) is 10.3. The molecule has 0 radical (unpaired) electrons. The summed E-state index contributed by atoms with van der Waals surface area (Å²) >= 11 is 4.80. The second-order valence-corrected chi connectivity index (χ2v) is 6.47. The van der Waals surface area contributed by atoms with Crippen LogP contribution in [0.3, 0.4) is 0 Å². The molecule has 6 heteroatoms. The van der Waals surface area contributed by atoms with E-state index < -0.39 is 0 Å². The van der Waals surface area contributed by atoms with Gasteiger partial charge < -0.3 is 4.74 Å². The highest BCUT2D eigenvalue weighted by molar-refractivity contribution is 9.10. The number of carbonyl (C=O) groups is 1. The first kappa shape index (κ1) is 15.7. The van der Waals surface area contributed by atoms with Crippen molar-refractivity contribution >= 4 is 38.3 Å². The van der Waals surface area contributed by atoms with Crippen molar-refractivity contribution in [2.24, 2.45) is 0 Å². The second kappa shape index (κ2) is 6.93. The molecule has 4 nitrogen and oxygen atoms in total. The van der Waals surface area contributed by atoms with Gasteiger partial charge in [0.05, 0.1) is 18.4 Å². The molecular formula is C17H13BrN2O2S. The number of aromatic nitrogens is 1. The van der Waals surface area contributed by atoms with E-state index in [9.17, 15) is 4.79 Å². The predicted molar refractivity (Wildman–Crippen MR) is 96.2 cm³/mol. The molecule has 0 aliphatic heterocycles. The summed E-state index contributed by atoms with van der Waals surface area (Å²) in [7, 11) is 1.54. The van der Waals surface area contributed by atoms with Crippen LogP contribution in [0.5, 0.6) is 5.75 Å². The number of benzene rings is 2. The number of rotatable bonds is 4. The van der Waals surface area contributed by atoms with E-state index in [2.05, 4.69) is 26.2 Å². The van der Waals surface area contributed by atoms with Crippen LogP contribution in [0.15, 0.2) is 58.4 Å². The Kier molecular flexibility index (Phi) is 4.73. The molecule has 0 fully saturated rings. The summed E-state index contributed by atoms with van der Waals surface area (Å²) in [6.07, 6.45) is 0. The van der Waals surface area contributed by atoms with E-state index in [1.54, 1.807) is 25.3 Å². The summed E-state index contributed by atoms with van der Waals surface area (Å²) < 4.78 is 6.22. The number of halogens is 1. The largest absolute Gasteiger partial charge is 0.496 e. The lowest BCUT2D eigenvalue weighted by Crippen LogP contribution is -2.12. The quantitative estimate of drug-likeness (QED) is 0.695. The van der Waals surface area contributed by atoms with Gasteiger partial charge >= 0.3 is 0 Å². The van der Waals surface area contributed by atoms with Crippen LogP contribution < -0.4 is 10.1 Å². The first-order chi connectivity index (χ1) is 11.2. The average Bonchev–Trinajstić information content (AvgIpc) is 3.04. The second-order valence-electron chi connectivity index (χ2n) is 4.70. The topological polar surface area (TPSA) is 51.2 Å². The predicted octanol–water partition coefficient (Wildman–Crippen LogP) is 4.83. The molecule has 2 aromatic carbocycles. The minimum Gasteiger partial charge on any atom is -0.496 e. The standard InChI is InChI=1S/C17H13BrN2O2S/c1-22-15-5-3-2-4-13(15)16(21)20-17-19-14(10-23-17)11-6-8-12(18)9-7-11/h2-10H,1H3,(H,19,20,21). The van der Waals surface area contributed by atoms with Crippen LogP contribution in [0.2, 0.25) is 0 Å². The smallest absolute Gasteiger partial charge is 0.261 e. The van der Waals surface area contributed by atoms with Crippen molar-refractivity contribution in [2.45, 2.75) is 0 Å². The number of para-hydroxylation sites is 1. The molecule has 0 aliphatic rings. The molecule has 1 heterocycles. The van der Waals surface area contributed by atoms with Crippen molar-refractivity contribution in [1.82, 2.24) is 4.98 Å². The number of thiazole rings is 1. The van der Waals surface area contributed by atoms with Crippen molar-refractivity contribution in [3.05, 3.63) is 63.9 Å². The zero-order valence-corrected chi connectivity index (χ0v) is 14.6. The van der Waals surface area contributed by atoms with Gasteiger partial charge in [-0.05, 0) is 24.3 Å². The van der Waals surface area contributed by atoms with Gasteiger partial charge in [-0.1, -0.05) is 40.2 Å². The molecule has 0 saturated carbocycles. The maximum atomic E-state index is 12.4. The van der Waals surface area contributed by atoms with Crippen LogP contribution >= 0.6 is 27.3 Å². The SMILES string of the molecule is COc1ccccc1C(=O)Nc1nc(-c2ccc(Br)cc2)cs1. The van der Waals surface area contributed by atoms with Gasteiger partial charge in [0.15, 0.2) is 5.13 Å². The summed E-state index contributed by atoms with van der Waals surface area (Å²) in [5, 5.41) is 5.29. The fourth-order valence-electron chi connectivity index (χ4n) is 2.08. The van der Waals surface area contributed by atoms with E-state index in [4.69, 9.17) is 4.74 Å². The van der Waals surface area contributed by atoms with Crippen LogP contribution in [-0.2, 0) is 0 Å². The molecule has 0 bridgehead atoms. The van der Waals surface area contributed by atoms with E-state index in [1.807, 2.05) is 35.7 Å². The maximum absolute atomic E-state index is 12.4. The molecule has 0 atom stereocenters.